The zero-order chi connectivity index (χ0) is 15.9. The summed E-state index contributed by atoms with van der Waals surface area (Å²) in [6.07, 6.45) is 1.15. The first-order valence-electron chi connectivity index (χ1n) is 6.23. The predicted molar refractivity (Wildman–Crippen MR) is 81.4 cm³/mol. The van der Waals surface area contributed by atoms with Gasteiger partial charge in [0.25, 0.3) is 5.91 Å². The summed E-state index contributed by atoms with van der Waals surface area (Å²) in [5, 5.41) is 14.5. The van der Waals surface area contributed by atoms with Crippen LogP contribution in [0.25, 0.3) is 0 Å². The standard InChI is InChI=1S/C15H12ClFN2O3/c16-11-1-6-14(10(7-11)8-18-21)22-9-15(20)19-13-4-2-12(17)3-5-13/h1-8,21H,9H2,(H,19,20). The number of hydrogen-bond donors (Lipinski definition) is 2. The molecule has 0 radical (unpaired) electrons. The minimum absolute atomic E-state index is 0.259. The quantitative estimate of drug-likeness (QED) is 0.504. The highest BCUT2D eigenvalue weighted by atomic mass is 35.5. The van der Waals surface area contributed by atoms with Crippen molar-refractivity contribution in [2.45, 2.75) is 0 Å². The number of rotatable bonds is 5. The number of anilines is 1. The SMILES string of the molecule is O=C(COc1ccc(Cl)cc1C=NO)Nc1ccc(F)cc1. The van der Waals surface area contributed by atoms with E-state index in [0.29, 0.717) is 22.0 Å². The van der Waals surface area contributed by atoms with Crippen LogP contribution in [0.5, 0.6) is 5.75 Å². The van der Waals surface area contributed by atoms with Crippen molar-refractivity contribution < 1.29 is 19.1 Å². The summed E-state index contributed by atoms with van der Waals surface area (Å²) >= 11 is 5.83. The molecule has 22 heavy (non-hydrogen) atoms. The second-order valence-electron chi connectivity index (χ2n) is 4.27. The highest BCUT2D eigenvalue weighted by Crippen LogP contribution is 2.21. The first kappa shape index (κ1) is 15.8. The molecule has 0 aliphatic carbocycles. The maximum absolute atomic E-state index is 12.8. The molecule has 0 spiro atoms. The molecule has 2 aromatic carbocycles. The van der Waals surface area contributed by atoms with Crippen molar-refractivity contribution in [1.29, 1.82) is 0 Å². The molecule has 1 amide bonds. The first-order chi connectivity index (χ1) is 10.6. The van der Waals surface area contributed by atoms with E-state index in [1.807, 2.05) is 0 Å². The highest BCUT2D eigenvalue weighted by Gasteiger charge is 2.07. The molecule has 0 aromatic heterocycles. The Morgan fingerprint density at radius 3 is 2.73 bits per heavy atom. The van der Waals surface area contributed by atoms with Crippen LogP contribution in [0.3, 0.4) is 0 Å². The van der Waals surface area contributed by atoms with Gasteiger partial charge < -0.3 is 15.3 Å². The van der Waals surface area contributed by atoms with Gasteiger partial charge in [0.15, 0.2) is 6.61 Å². The third-order valence-electron chi connectivity index (χ3n) is 2.66. The molecule has 0 unspecified atom stereocenters. The minimum Gasteiger partial charge on any atom is -0.483 e. The third kappa shape index (κ3) is 4.46. The Bertz CT molecular complexity index is 690. The molecule has 0 saturated carbocycles. The number of halogens is 2. The Labute approximate surface area is 131 Å². The molecular formula is C15H12ClFN2O3. The lowest BCUT2D eigenvalue weighted by Crippen LogP contribution is -2.20. The lowest BCUT2D eigenvalue weighted by Gasteiger charge is -2.09. The molecule has 2 aromatic rings. The first-order valence-corrected chi connectivity index (χ1v) is 6.61. The number of nitrogens with zero attached hydrogens (tertiary/aromatic N) is 1. The van der Waals surface area contributed by atoms with Crippen LogP contribution in [-0.4, -0.2) is 23.9 Å². The van der Waals surface area contributed by atoms with Gasteiger partial charge in [0.1, 0.15) is 11.6 Å². The lowest BCUT2D eigenvalue weighted by atomic mass is 10.2. The van der Waals surface area contributed by atoms with Gasteiger partial charge in [0.05, 0.1) is 6.21 Å². The molecule has 0 bridgehead atoms. The summed E-state index contributed by atoms with van der Waals surface area (Å²) in [6, 6.07) is 10.1. The lowest BCUT2D eigenvalue weighted by molar-refractivity contribution is -0.118. The van der Waals surface area contributed by atoms with Gasteiger partial charge in [-0.3, -0.25) is 4.79 Å². The third-order valence-corrected chi connectivity index (χ3v) is 2.89. The molecule has 114 valence electrons. The van der Waals surface area contributed by atoms with Crippen LogP contribution in [0.15, 0.2) is 47.6 Å². The molecule has 2 rings (SSSR count). The van der Waals surface area contributed by atoms with E-state index in [4.69, 9.17) is 21.5 Å². The van der Waals surface area contributed by atoms with Gasteiger partial charge in [-0.2, -0.15) is 0 Å². The number of benzene rings is 2. The average Bonchev–Trinajstić information content (AvgIpc) is 2.49. The van der Waals surface area contributed by atoms with Gasteiger partial charge in [0, 0.05) is 16.3 Å². The fraction of sp³-hybridized carbons (Fsp3) is 0.0667. The van der Waals surface area contributed by atoms with E-state index in [9.17, 15) is 9.18 Å². The molecule has 2 N–H and O–H groups in total. The molecule has 0 aliphatic heterocycles. The maximum Gasteiger partial charge on any atom is 0.262 e. The fourth-order valence-electron chi connectivity index (χ4n) is 1.69. The van der Waals surface area contributed by atoms with E-state index in [1.54, 1.807) is 12.1 Å². The van der Waals surface area contributed by atoms with Gasteiger partial charge in [-0.05, 0) is 42.5 Å². The summed E-state index contributed by atoms with van der Waals surface area (Å²) in [7, 11) is 0. The van der Waals surface area contributed by atoms with Crippen LogP contribution in [0, 0.1) is 5.82 Å². The summed E-state index contributed by atoms with van der Waals surface area (Å²) in [4.78, 5) is 11.8. The molecule has 0 fully saturated rings. The van der Waals surface area contributed by atoms with Crippen molar-refractivity contribution in [2.75, 3.05) is 11.9 Å². The van der Waals surface area contributed by atoms with Gasteiger partial charge in [0.2, 0.25) is 0 Å². The smallest absolute Gasteiger partial charge is 0.262 e. The molecular weight excluding hydrogens is 311 g/mol. The van der Waals surface area contributed by atoms with E-state index in [0.717, 1.165) is 6.21 Å². The van der Waals surface area contributed by atoms with Crippen molar-refractivity contribution in [1.82, 2.24) is 0 Å². The van der Waals surface area contributed by atoms with Crippen molar-refractivity contribution in [3.05, 3.63) is 58.9 Å². The summed E-state index contributed by atoms with van der Waals surface area (Å²) in [5.41, 5.74) is 0.896. The van der Waals surface area contributed by atoms with E-state index in [2.05, 4.69) is 10.5 Å². The van der Waals surface area contributed by atoms with Crippen LogP contribution in [0.4, 0.5) is 10.1 Å². The summed E-state index contributed by atoms with van der Waals surface area (Å²) in [6.45, 7) is -0.259. The Balaban J connectivity index is 1.97. The molecule has 0 saturated heterocycles. The van der Waals surface area contributed by atoms with E-state index in [1.165, 1.54) is 30.3 Å². The molecule has 7 heteroatoms. The largest absolute Gasteiger partial charge is 0.483 e. The van der Waals surface area contributed by atoms with Crippen molar-refractivity contribution in [2.24, 2.45) is 5.16 Å². The number of ether oxygens (including phenoxy) is 1. The number of carbonyl (C=O) groups is 1. The number of oxime groups is 1. The van der Waals surface area contributed by atoms with Crippen molar-refractivity contribution in [3.63, 3.8) is 0 Å². The second kappa shape index (κ2) is 7.42. The fourth-order valence-corrected chi connectivity index (χ4v) is 1.87. The Morgan fingerprint density at radius 1 is 1.32 bits per heavy atom. The van der Waals surface area contributed by atoms with Crippen LogP contribution >= 0.6 is 11.6 Å². The second-order valence-corrected chi connectivity index (χ2v) is 4.71. The average molecular weight is 323 g/mol. The Hall–Kier alpha value is -2.60. The summed E-state index contributed by atoms with van der Waals surface area (Å²) in [5.74, 6) is -0.451. The minimum atomic E-state index is -0.409. The number of carbonyl (C=O) groups excluding carboxylic acids is 1. The van der Waals surface area contributed by atoms with E-state index < -0.39 is 5.91 Å². The molecule has 0 aliphatic rings. The number of amides is 1. The van der Waals surface area contributed by atoms with Crippen molar-refractivity contribution >= 4 is 29.4 Å². The Kier molecular flexibility index (Phi) is 5.32. The molecule has 0 atom stereocenters. The Morgan fingerprint density at radius 2 is 2.05 bits per heavy atom. The van der Waals surface area contributed by atoms with Crippen LogP contribution in [0.2, 0.25) is 5.02 Å². The monoisotopic (exact) mass is 322 g/mol. The van der Waals surface area contributed by atoms with Crippen LogP contribution in [0.1, 0.15) is 5.56 Å². The zero-order valence-corrected chi connectivity index (χ0v) is 12.0. The van der Waals surface area contributed by atoms with Crippen LogP contribution < -0.4 is 10.1 Å². The van der Waals surface area contributed by atoms with Crippen molar-refractivity contribution in [3.8, 4) is 5.75 Å². The van der Waals surface area contributed by atoms with Gasteiger partial charge >= 0.3 is 0 Å². The van der Waals surface area contributed by atoms with E-state index in [-0.39, 0.29) is 12.4 Å². The molecule has 5 nitrogen and oxygen atoms in total. The van der Waals surface area contributed by atoms with Gasteiger partial charge in [-0.25, -0.2) is 4.39 Å². The topological polar surface area (TPSA) is 70.9 Å². The van der Waals surface area contributed by atoms with Crippen LogP contribution in [-0.2, 0) is 4.79 Å². The number of nitrogens with one attached hydrogen (secondary N) is 1. The van der Waals surface area contributed by atoms with Gasteiger partial charge in [-0.1, -0.05) is 16.8 Å². The summed E-state index contributed by atoms with van der Waals surface area (Å²) < 4.78 is 18.1. The normalized spacial score (nSPS) is 10.6. The zero-order valence-electron chi connectivity index (χ0n) is 11.3. The predicted octanol–water partition coefficient (Wildman–Crippen LogP) is 3.30. The van der Waals surface area contributed by atoms with E-state index >= 15 is 0 Å². The highest BCUT2D eigenvalue weighted by molar-refractivity contribution is 6.30. The van der Waals surface area contributed by atoms with Gasteiger partial charge in [-0.15, -0.1) is 0 Å². The molecule has 0 heterocycles. The maximum atomic E-state index is 12.8. The number of hydrogen-bond acceptors (Lipinski definition) is 4.